The zero-order valence-corrected chi connectivity index (χ0v) is 16.9. The summed E-state index contributed by atoms with van der Waals surface area (Å²) in [7, 11) is 0. The van der Waals surface area contributed by atoms with E-state index in [0.717, 1.165) is 23.1 Å². The molecular weight excluding hydrogens is 368 g/mol. The minimum atomic E-state index is -0.211. The van der Waals surface area contributed by atoms with Crippen LogP contribution < -0.4 is 16.8 Å². The van der Waals surface area contributed by atoms with Crippen LogP contribution in [0.3, 0.4) is 0 Å². The molecule has 0 aliphatic carbocycles. The topological polar surface area (TPSA) is 120 Å². The molecule has 0 aliphatic heterocycles. The second-order valence-electron chi connectivity index (χ2n) is 6.53. The molecule has 1 amide bonds. The van der Waals surface area contributed by atoms with Crippen LogP contribution in [0.2, 0.25) is 0 Å². The van der Waals surface area contributed by atoms with E-state index in [4.69, 9.17) is 16.2 Å². The predicted molar refractivity (Wildman–Crippen MR) is 114 cm³/mol. The molecule has 2 aromatic rings. The van der Waals surface area contributed by atoms with Gasteiger partial charge < -0.3 is 21.5 Å². The minimum Gasteiger partial charge on any atom is -0.466 e. The molecule has 0 saturated heterocycles. The molecule has 0 heterocycles. The quantitative estimate of drug-likeness (QED) is 0.342. The predicted octanol–water partition coefficient (Wildman–Crippen LogP) is 2.58. The molecule has 0 aliphatic rings. The van der Waals surface area contributed by atoms with Crippen molar-refractivity contribution in [3.05, 3.63) is 64.7 Å². The molecule has 0 bridgehead atoms. The van der Waals surface area contributed by atoms with Crippen molar-refractivity contribution in [3.8, 4) is 0 Å². The molecule has 0 unspecified atom stereocenters. The lowest BCUT2D eigenvalue weighted by molar-refractivity contribution is -0.143. The summed E-state index contributed by atoms with van der Waals surface area (Å²) in [4.78, 5) is 28.1. The summed E-state index contributed by atoms with van der Waals surface area (Å²) < 4.78 is 4.98. The van der Waals surface area contributed by atoms with Crippen molar-refractivity contribution in [2.24, 2.45) is 16.5 Å². The number of benzene rings is 2. The standard InChI is InChI=1S/C22H28N4O3/c1-3-16-10-8-15(9-11-20(27)29-4-2)12-18(16)14-25-21(28)17-6-5-7-19(13-17)26-22(23)24/h5-8,10,12-13H,3-4,9,11,14H2,1-2H3,(H,25,28)(H4,23,24,26). The van der Waals surface area contributed by atoms with Gasteiger partial charge in [0.2, 0.25) is 0 Å². The van der Waals surface area contributed by atoms with Crippen LogP contribution in [0.15, 0.2) is 47.5 Å². The molecule has 2 aromatic carbocycles. The Morgan fingerprint density at radius 2 is 1.86 bits per heavy atom. The first-order chi connectivity index (χ1) is 13.9. The van der Waals surface area contributed by atoms with Crippen LogP contribution in [-0.2, 0) is 28.9 Å². The highest BCUT2D eigenvalue weighted by Crippen LogP contribution is 2.16. The third-order valence-corrected chi connectivity index (χ3v) is 4.38. The average Bonchev–Trinajstić information content (AvgIpc) is 2.70. The summed E-state index contributed by atoms with van der Waals surface area (Å²) in [6.45, 7) is 4.64. The van der Waals surface area contributed by atoms with Crippen LogP contribution in [0.25, 0.3) is 0 Å². The first-order valence-corrected chi connectivity index (χ1v) is 9.67. The lowest BCUT2D eigenvalue weighted by Crippen LogP contribution is -2.24. The van der Waals surface area contributed by atoms with Crippen molar-refractivity contribution in [2.45, 2.75) is 39.7 Å². The molecular formula is C22H28N4O3. The molecule has 5 N–H and O–H groups in total. The van der Waals surface area contributed by atoms with Gasteiger partial charge in [-0.1, -0.05) is 31.2 Å². The van der Waals surface area contributed by atoms with Gasteiger partial charge in [0.15, 0.2) is 5.96 Å². The Bertz CT molecular complexity index is 889. The lowest BCUT2D eigenvalue weighted by atomic mass is 9.99. The molecule has 154 valence electrons. The second-order valence-corrected chi connectivity index (χ2v) is 6.53. The molecule has 0 saturated carbocycles. The Labute approximate surface area is 171 Å². The van der Waals surface area contributed by atoms with Gasteiger partial charge in [0.1, 0.15) is 0 Å². The monoisotopic (exact) mass is 396 g/mol. The van der Waals surface area contributed by atoms with Gasteiger partial charge in [0.25, 0.3) is 5.91 Å². The zero-order valence-electron chi connectivity index (χ0n) is 16.9. The van der Waals surface area contributed by atoms with Crippen molar-refractivity contribution >= 4 is 23.5 Å². The number of carbonyl (C=O) groups is 2. The van der Waals surface area contributed by atoms with E-state index in [1.165, 1.54) is 0 Å². The highest BCUT2D eigenvalue weighted by atomic mass is 16.5. The van der Waals surface area contributed by atoms with Crippen molar-refractivity contribution < 1.29 is 14.3 Å². The van der Waals surface area contributed by atoms with Crippen LogP contribution in [-0.4, -0.2) is 24.4 Å². The average molecular weight is 396 g/mol. The zero-order chi connectivity index (χ0) is 21.2. The van der Waals surface area contributed by atoms with Crippen LogP contribution in [0.4, 0.5) is 5.69 Å². The Hall–Kier alpha value is -3.35. The number of rotatable bonds is 9. The molecule has 0 radical (unpaired) electrons. The Morgan fingerprint density at radius 1 is 1.07 bits per heavy atom. The van der Waals surface area contributed by atoms with Crippen molar-refractivity contribution in [3.63, 3.8) is 0 Å². The number of esters is 1. The van der Waals surface area contributed by atoms with E-state index in [1.807, 2.05) is 18.2 Å². The molecule has 0 spiro atoms. The normalized spacial score (nSPS) is 10.3. The highest BCUT2D eigenvalue weighted by Gasteiger charge is 2.10. The number of ether oxygens (including phenoxy) is 1. The first-order valence-electron chi connectivity index (χ1n) is 9.67. The van der Waals surface area contributed by atoms with Gasteiger partial charge >= 0.3 is 5.97 Å². The lowest BCUT2D eigenvalue weighted by Gasteiger charge is -2.12. The van der Waals surface area contributed by atoms with Crippen LogP contribution in [0, 0.1) is 0 Å². The molecule has 0 aromatic heterocycles. The molecule has 7 nitrogen and oxygen atoms in total. The number of carbonyl (C=O) groups excluding carboxylic acids is 2. The summed E-state index contributed by atoms with van der Waals surface area (Å²) in [5.41, 5.74) is 15.0. The van der Waals surface area contributed by atoms with E-state index in [0.29, 0.717) is 37.2 Å². The number of aliphatic imine (C=N–C) groups is 1. The van der Waals surface area contributed by atoms with Gasteiger partial charge in [0, 0.05) is 18.5 Å². The second kappa shape index (κ2) is 10.8. The van der Waals surface area contributed by atoms with Gasteiger partial charge in [-0.2, -0.15) is 0 Å². The highest BCUT2D eigenvalue weighted by molar-refractivity contribution is 5.95. The maximum atomic E-state index is 12.5. The van der Waals surface area contributed by atoms with E-state index in [1.54, 1.807) is 31.2 Å². The molecule has 29 heavy (non-hydrogen) atoms. The Morgan fingerprint density at radius 3 is 2.55 bits per heavy atom. The van der Waals surface area contributed by atoms with Gasteiger partial charge in [-0.25, -0.2) is 4.99 Å². The van der Waals surface area contributed by atoms with Gasteiger partial charge in [-0.15, -0.1) is 0 Å². The smallest absolute Gasteiger partial charge is 0.306 e. The number of nitrogens with zero attached hydrogens (tertiary/aromatic N) is 1. The maximum absolute atomic E-state index is 12.5. The number of nitrogens with two attached hydrogens (primary N) is 2. The third-order valence-electron chi connectivity index (χ3n) is 4.38. The summed E-state index contributed by atoms with van der Waals surface area (Å²) in [5.74, 6) is -0.478. The fourth-order valence-corrected chi connectivity index (χ4v) is 2.97. The van der Waals surface area contributed by atoms with Crippen molar-refractivity contribution in [1.82, 2.24) is 5.32 Å². The van der Waals surface area contributed by atoms with Gasteiger partial charge in [-0.05, 0) is 54.7 Å². The van der Waals surface area contributed by atoms with Crippen LogP contribution in [0.1, 0.15) is 47.3 Å². The summed E-state index contributed by atoms with van der Waals surface area (Å²) in [6.07, 6.45) is 1.79. The molecule has 2 rings (SSSR count). The number of guanidine groups is 1. The maximum Gasteiger partial charge on any atom is 0.306 e. The van der Waals surface area contributed by atoms with Crippen LogP contribution in [0.5, 0.6) is 0 Å². The van der Waals surface area contributed by atoms with E-state index >= 15 is 0 Å². The number of hydrogen-bond donors (Lipinski definition) is 3. The largest absolute Gasteiger partial charge is 0.466 e. The van der Waals surface area contributed by atoms with Gasteiger partial charge in [-0.3, -0.25) is 9.59 Å². The fourth-order valence-electron chi connectivity index (χ4n) is 2.97. The van der Waals surface area contributed by atoms with E-state index < -0.39 is 0 Å². The number of amides is 1. The number of nitrogens with one attached hydrogen (secondary N) is 1. The van der Waals surface area contributed by atoms with E-state index in [2.05, 4.69) is 17.2 Å². The summed E-state index contributed by atoms with van der Waals surface area (Å²) in [6, 6.07) is 12.9. The SMILES string of the molecule is CCOC(=O)CCc1ccc(CC)c(CNC(=O)c2cccc(N=C(N)N)c2)c1. The molecule has 0 fully saturated rings. The minimum absolute atomic E-state index is 0.0604. The Kier molecular flexibility index (Phi) is 8.21. The summed E-state index contributed by atoms with van der Waals surface area (Å²) in [5, 5.41) is 2.94. The summed E-state index contributed by atoms with van der Waals surface area (Å²) >= 11 is 0. The van der Waals surface area contributed by atoms with E-state index in [9.17, 15) is 9.59 Å². The Balaban J connectivity index is 2.06. The van der Waals surface area contributed by atoms with Gasteiger partial charge in [0.05, 0.1) is 12.3 Å². The number of hydrogen-bond acceptors (Lipinski definition) is 4. The molecule has 7 heteroatoms. The number of aryl methyl sites for hydroxylation is 2. The fraction of sp³-hybridized carbons (Fsp3) is 0.318. The van der Waals surface area contributed by atoms with Crippen LogP contribution >= 0.6 is 0 Å². The molecule has 0 atom stereocenters. The van der Waals surface area contributed by atoms with Crippen molar-refractivity contribution in [1.29, 1.82) is 0 Å². The van der Waals surface area contributed by atoms with Crippen molar-refractivity contribution in [2.75, 3.05) is 6.61 Å². The third kappa shape index (κ3) is 6.95. The first kappa shape index (κ1) is 21.9. The van der Waals surface area contributed by atoms with E-state index in [-0.39, 0.29) is 17.8 Å².